The van der Waals surface area contributed by atoms with Crippen LogP contribution in [0.2, 0.25) is 0 Å². The number of hydrogen-bond donors (Lipinski definition) is 1. The minimum absolute atomic E-state index is 0.114. The van der Waals surface area contributed by atoms with Gasteiger partial charge in [0.05, 0.1) is 6.54 Å². The lowest BCUT2D eigenvalue weighted by atomic mass is 10.2. The van der Waals surface area contributed by atoms with E-state index in [2.05, 4.69) is 20.4 Å². The maximum absolute atomic E-state index is 12.1. The van der Waals surface area contributed by atoms with Crippen molar-refractivity contribution >= 4 is 22.2 Å². The number of thiazole rings is 1. The molecule has 1 atom stereocenters. The van der Waals surface area contributed by atoms with Crippen LogP contribution >= 0.6 is 11.3 Å². The molecule has 0 aromatic carbocycles. The van der Waals surface area contributed by atoms with Gasteiger partial charge in [-0.15, -0.1) is 11.3 Å². The van der Waals surface area contributed by atoms with Crippen molar-refractivity contribution in [1.82, 2.24) is 24.8 Å². The van der Waals surface area contributed by atoms with Crippen LogP contribution in [0, 0.1) is 0 Å². The molecule has 1 aliphatic heterocycles. The Kier molecular flexibility index (Phi) is 3.35. The molecule has 0 radical (unpaired) electrons. The Hall–Kier alpha value is -2.26. The number of amides is 1. The van der Waals surface area contributed by atoms with E-state index in [9.17, 15) is 4.79 Å². The van der Waals surface area contributed by atoms with Gasteiger partial charge in [-0.3, -0.25) is 9.20 Å². The van der Waals surface area contributed by atoms with Crippen LogP contribution in [0.15, 0.2) is 22.3 Å². The number of carbonyl (C=O) groups excluding carboxylic acids is 1. The normalized spacial score (nSPS) is 18.1. The molecule has 3 aromatic rings. The molecule has 0 bridgehead atoms. The molecule has 9 heteroatoms. The fourth-order valence-corrected chi connectivity index (χ4v) is 3.03. The Morgan fingerprint density at radius 3 is 3.27 bits per heavy atom. The average molecular weight is 319 g/mol. The quantitative estimate of drug-likeness (QED) is 0.784. The van der Waals surface area contributed by atoms with Crippen molar-refractivity contribution in [3.05, 3.63) is 35.2 Å². The van der Waals surface area contributed by atoms with Gasteiger partial charge in [0.1, 0.15) is 11.8 Å². The fraction of sp³-hybridized carbons (Fsp3) is 0.385. The van der Waals surface area contributed by atoms with Crippen LogP contribution in [0.3, 0.4) is 0 Å². The highest BCUT2D eigenvalue weighted by Crippen LogP contribution is 2.26. The van der Waals surface area contributed by atoms with Crippen LogP contribution in [0.1, 0.15) is 41.1 Å². The summed E-state index contributed by atoms with van der Waals surface area (Å²) in [6, 6.07) is 0. The smallest absolute Gasteiger partial charge is 0.271 e. The maximum atomic E-state index is 12.1. The topological polar surface area (TPSA) is 94.5 Å². The summed E-state index contributed by atoms with van der Waals surface area (Å²) in [6.45, 7) is 0.913. The number of rotatable bonds is 4. The van der Waals surface area contributed by atoms with Gasteiger partial charge in [0, 0.05) is 24.4 Å². The van der Waals surface area contributed by atoms with Crippen molar-refractivity contribution < 1.29 is 14.1 Å². The van der Waals surface area contributed by atoms with Gasteiger partial charge in [-0.1, -0.05) is 5.16 Å². The first kappa shape index (κ1) is 13.4. The van der Waals surface area contributed by atoms with Gasteiger partial charge < -0.3 is 14.6 Å². The predicted octanol–water partition coefficient (Wildman–Crippen LogP) is 1.56. The third kappa shape index (κ3) is 2.48. The second-order valence-electron chi connectivity index (χ2n) is 4.95. The third-order valence-corrected chi connectivity index (χ3v) is 4.19. The van der Waals surface area contributed by atoms with E-state index in [0.717, 1.165) is 24.4 Å². The van der Waals surface area contributed by atoms with Gasteiger partial charge in [-0.2, -0.15) is 4.98 Å². The Labute approximate surface area is 129 Å². The van der Waals surface area contributed by atoms with Crippen molar-refractivity contribution in [3.63, 3.8) is 0 Å². The second kappa shape index (κ2) is 5.50. The predicted molar refractivity (Wildman–Crippen MR) is 76.5 cm³/mol. The molecule has 1 fully saturated rings. The number of aromatic nitrogens is 4. The number of hydrogen-bond acceptors (Lipinski definition) is 7. The molecule has 1 aliphatic rings. The Morgan fingerprint density at radius 2 is 2.45 bits per heavy atom. The minimum Gasteiger partial charge on any atom is -0.368 e. The van der Waals surface area contributed by atoms with Crippen molar-refractivity contribution in [2.24, 2.45) is 0 Å². The van der Waals surface area contributed by atoms with Crippen LogP contribution in [0.4, 0.5) is 0 Å². The zero-order chi connectivity index (χ0) is 14.9. The van der Waals surface area contributed by atoms with Gasteiger partial charge >= 0.3 is 0 Å². The molecule has 1 saturated heterocycles. The molecule has 0 saturated carbocycles. The summed E-state index contributed by atoms with van der Waals surface area (Å²) in [5, 5.41) is 8.50. The zero-order valence-corrected chi connectivity index (χ0v) is 12.4. The number of imidazole rings is 1. The highest BCUT2D eigenvalue weighted by molar-refractivity contribution is 7.15. The van der Waals surface area contributed by atoms with E-state index in [1.807, 2.05) is 16.0 Å². The van der Waals surface area contributed by atoms with Gasteiger partial charge in [-0.25, -0.2) is 4.98 Å². The van der Waals surface area contributed by atoms with Crippen LogP contribution in [0.5, 0.6) is 0 Å². The van der Waals surface area contributed by atoms with Crippen molar-refractivity contribution in [2.45, 2.75) is 25.5 Å². The first-order valence-electron chi connectivity index (χ1n) is 6.94. The van der Waals surface area contributed by atoms with E-state index >= 15 is 0 Å². The van der Waals surface area contributed by atoms with Gasteiger partial charge in [0.2, 0.25) is 0 Å². The van der Waals surface area contributed by atoms with Crippen LogP contribution in [0.25, 0.3) is 4.96 Å². The van der Waals surface area contributed by atoms with Gasteiger partial charge in [0.15, 0.2) is 10.8 Å². The van der Waals surface area contributed by atoms with E-state index < -0.39 is 0 Å². The summed E-state index contributed by atoms with van der Waals surface area (Å²) >= 11 is 1.48. The number of nitrogens with zero attached hydrogens (tertiary/aromatic N) is 4. The molecule has 4 heterocycles. The molecule has 0 spiro atoms. The van der Waals surface area contributed by atoms with Crippen LogP contribution in [-0.2, 0) is 11.3 Å². The maximum Gasteiger partial charge on any atom is 0.271 e. The van der Waals surface area contributed by atoms with E-state index in [4.69, 9.17) is 9.26 Å². The fourth-order valence-electron chi connectivity index (χ4n) is 2.33. The summed E-state index contributed by atoms with van der Waals surface area (Å²) in [4.78, 5) is 21.3. The first-order chi connectivity index (χ1) is 10.8. The lowest BCUT2D eigenvalue weighted by Gasteiger charge is -2.00. The highest BCUT2D eigenvalue weighted by atomic mass is 32.1. The van der Waals surface area contributed by atoms with Gasteiger partial charge in [-0.05, 0) is 12.8 Å². The molecule has 1 amide bonds. The Morgan fingerprint density at radius 1 is 1.50 bits per heavy atom. The molecule has 0 aliphatic carbocycles. The van der Waals surface area contributed by atoms with E-state index in [0.29, 0.717) is 17.4 Å². The second-order valence-corrected chi connectivity index (χ2v) is 5.83. The summed E-state index contributed by atoms with van der Waals surface area (Å²) in [5.74, 6) is 0.642. The van der Waals surface area contributed by atoms with E-state index in [1.165, 1.54) is 11.3 Å². The first-order valence-corrected chi connectivity index (χ1v) is 7.82. The standard InChI is InChI=1S/C13H13N5O3S/c19-11(8-7-18-3-5-22-13(18)15-8)14-6-10-16-12(21-17-10)9-2-1-4-20-9/h3,5,7,9H,1-2,4,6H2,(H,14,19)/t9-/m1/s1. The molecule has 1 N–H and O–H groups in total. The molecule has 3 aromatic heterocycles. The molecule has 22 heavy (non-hydrogen) atoms. The van der Waals surface area contributed by atoms with Crippen molar-refractivity contribution in [1.29, 1.82) is 0 Å². The van der Waals surface area contributed by atoms with Gasteiger partial charge in [0.25, 0.3) is 11.8 Å². The molecule has 4 rings (SSSR count). The van der Waals surface area contributed by atoms with Crippen molar-refractivity contribution in [3.8, 4) is 0 Å². The molecular formula is C13H13N5O3S. The monoisotopic (exact) mass is 319 g/mol. The number of fused-ring (bicyclic) bond motifs is 1. The minimum atomic E-state index is -0.264. The lowest BCUT2D eigenvalue weighted by molar-refractivity contribution is 0.0835. The van der Waals surface area contributed by atoms with E-state index in [1.54, 1.807) is 6.20 Å². The van der Waals surface area contributed by atoms with E-state index in [-0.39, 0.29) is 18.6 Å². The number of nitrogens with one attached hydrogen (secondary N) is 1. The molecule has 0 unspecified atom stereocenters. The Balaban J connectivity index is 1.39. The highest BCUT2D eigenvalue weighted by Gasteiger charge is 2.24. The third-order valence-electron chi connectivity index (χ3n) is 3.42. The summed E-state index contributed by atoms with van der Waals surface area (Å²) in [5.41, 5.74) is 0.370. The number of carbonyl (C=O) groups is 1. The zero-order valence-electron chi connectivity index (χ0n) is 11.6. The van der Waals surface area contributed by atoms with Crippen LogP contribution in [-0.4, -0.2) is 32.0 Å². The molecule has 114 valence electrons. The Bertz CT molecular complexity index is 773. The van der Waals surface area contributed by atoms with Crippen LogP contribution < -0.4 is 5.32 Å². The molecule has 8 nitrogen and oxygen atoms in total. The average Bonchev–Trinajstić information content (AvgIpc) is 3.26. The lowest BCUT2D eigenvalue weighted by Crippen LogP contribution is -2.23. The largest absolute Gasteiger partial charge is 0.368 e. The SMILES string of the molecule is O=C(NCc1noc([C@H]2CCCO2)n1)c1cn2ccsc2n1. The summed E-state index contributed by atoms with van der Waals surface area (Å²) < 4.78 is 12.5. The summed E-state index contributed by atoms with van der Waals surface area (Å²) in [6.07, 6.45) is 5.32. The van der Waals surface area contributed by atoms with Crippen molar-refractivity contribution in [2.75, 3.05) is 6.61 Å². The number of ether oxygens (including phenoxy) is 1. The molecular weight excluding hydrogens is 306 g/mol. The summed E-state index contributed by atoms with van der Waals surface area (Å²) in [7, 11) is 0.